The lowest BCUT2D eigenvalue weighted by molar-refractivity contribution is -0.134. The summed E-state index contributed by atoms with van der Waals surface area (Å²) in [6.45, 7) is 12.5. The fraction of sp³-hybridized carbons (Fsp3) is 0.591. The zero-order chi connectivity index (χ0) is 20.9. The van der Waals surface area contributed by atoms with Crippen LogP contribution in [0.25, 0.3) is 0 Å². The highest BCUT2D eigenvalue weighted by Crippen LogP contribution is 2.20. The predicted octanol–water partition coefficient (Wildman–Crippen LogP) is 1.40. The van der Waals surface area contributed by atoms with Crippen molar-refractivity contribution in [2.24, 2.45) is 0 Å². The van der Waals surface area contributed by atoms with E-state index in [1.165, 1.54) is 5.56 Å². The summed E-state index contributed by atoms with van der Waals surface area (Å²) in [5.74, 6) is 1.60. The van der Waals surface area contributed by atoms with Crippen LogP contribution < -0.4 is 0 Å². The van der Waals surface area contributed by atoms with Crippen molar-refractivity contribution in [1.82, 2.24) is 29.7 Å². The Balaban J connectivity index is 1.18. The van der Waals surface area contributed by atoms with Gasteiger partial charge >= 0.3 is 0 Å². The van der Waals surface area contributed by atoms with Crippen LogP contribution in [0, 0.1) is 6.92 Å². The number of nitrogens with zero attached hydrogens (tertiary/aromatic N) is 6. The number of carbonyl (C=O) groups excluding carboxylic acids is 1. The van der Waals surface area contributed by atoms with Gasteiger partial charge in [-0.25, -0.2) is 0 Å². The molecular formula is C22H32N6O2. The number of benzene rings is 1. The van der Waals surface area contributed by atoms with E-state index in [4.69, 9.17) is 4.52 Å². The van der Waals surface area contributed by atoms with E-state index in [1.54, 1.807) is 0 Å². The number of hydrogen-bond acceptors (Lipinski definition) is 7. The zero-order valence-electron chi connectivity index (χ0n) is 18.0. The van der Waals surface area contributed by atoms with Crippen LogP contribution in [0.4, 0.5) is 0 Å². The molecule has 0 saturated carbocycles. The number of amides is 1. The third kappa shape index (κ3) is 5.24. The van der Waals surface area contributed by atoms with E-state index in [0.717, 1.165) is 58.9 Å². The number of rotatable bonds is 6. The quantitative estimate of drug-likeness (QED) is 0.710. The van der Waals surface area contributed by atoms with Crippen LogP contribution >= 0.6 is 0 Å². The van der Waals surface area contributed by atoms with Gasteiger partial charge in [-0.3, -0.25) is 19.5 Å². The van der Waals surface area contributed by atoms with E-state index in [-0.39, 0.29) is 11.9 Å². The van der Waals surface area contributed by atoms with Crippen molar-refractivity contribution >= 4 is 5.91 Å². The maximum Gasteiger partial charge on any atom is 0.243 e. The molecule has 0 bridgehead atoms. The first-order valence-electron chi connectivity index (χ1n) is 10.9. The molecule has 8 nitrogen and oxygen atoms in total. The molecule has 1 atom stereocenters. The van der Waals surface area contributed by atoms with Gasteiger partial charge in [0.2, 0.25) is 11.8 Å². The lowest BCUT2D eigenvalue weighted by atomic mass is 10.2. The molecule has 0 spiro atoms. The maximum absolute atomic E-state index is 12.8. The molecule has 1 aromatic heterocycles. The maximum atomic E-state index is 12.8. The van der Waals surface area contributed by atoms with Crippen molar-refractivity contribution in [3.8, 4) is 0 Å². The fourth-order valence-corrected chi connectivity index (χ4v) is 4.24. The molecule has 162 valence electrons. The summed E-state index contributed by atoms with van der Waals surface area (Å²) in [6.07, 6.45) is 0. The molecule has 30 heavy (non-hydrogen) atoms. The molecule has 2 aromatic rings. The monoisotopic (exact) mass is 412 g/mol. The third-order valence-corrected chi connectivity index (χ3v) is 6.19. The number of aromatic nitrogens is 2. The van der Waals surface area contributed by atoms with Crippen molar-refractivity contribution in [3.05, 3.63) is 47.6 Å². The average molecular weight is 413 g/mol. The molecule has 2 aliphatic rings. The van der Waals surface area contributed by atoms with Gasteiger partial charge in [0, 0.05) is 58.9 Å². The minimum atomic E-state index is 0.113. The topological polar surface area (TPSA) is 69.0 Å². The highest BCUT2D eigenvalue weighted by molar-refractivity contribution is 5.78. The Morgan fingerprint density at radius 2 is 1.67 bits per heavy atom. The van der Waals surface area contributed by atoms with Gasteiger partial charge in [-0.15, -0.1) is 0 Å². The molecule has 2 fully saturated rings. The second-order valence-electron chi connectivity index (χ2n) is 8.31. The van der Waals surface area contributed by atoms with Crippen LogP contribution in [-0.4, -0.2) is 94.6 Å². The lowest BCUT2D eigenvalue weighted by Gasteiger charge is -2.39. The molecule has 1 aromatic carbocycles. The van der Waals surface area contributed by atoms with Crippen molar-refractivity contribution in [2.75, 3.05) is 58.9 Å². The van der Waals surface area contributed by atoms with Gasteiger partial charge in [0.25, 0.3) is 0 Å². The number of hydrogen-bond donors (Lipinski definition) is 0. The van der Waals surface area contributed by atoms with Gasteiger partial charge in [-0.2, -0.15) is 4.98 Å². The molecule has 0 N–H and O–H groups in total. The lowest BCUT2D eigenvalue weighted by Crippen LogP contribution is -2.53. The minimum absolute atomic E-state index is 0.113. The summed E-state index contributed by atoms with van der Waals surface area (Å²) in [5, 5.41) is 3.89. The zero-order valence-corrected chi connectivity index (χ0v) is 18.0. The van der Waals surface area contributed by atoms with Gasteiger partial charge in [0.15, 0.2) is 5.82 Å². The summed E-state index contributed by atoms with van der Waals surface area (Å²) in [5.41, 5.74) is 1.33. The molecule has 3 heterocycles. The smallest absolute Gasteiger partial charge is 0.243 e. The Bertz CT molecular complexity index is 810. The first-order chi connectivity index (χ1) is 14.6. The molecule has 0 radical (unpaired) electrons. The second-order valence-corrected chi connectivity index (χ2v) is 8.31. The molecule has 1 amide bonds. The Morgan fingerprint density at radius 1 is 1.00 bits per heavy atom. The largest absolute Gasteiger partial charge is 0.339 e. The predicted molar refractivity (Wildman–Crippen MR) is 114 cm³/mol. The summed E-state index contributed by atoms with van der Waals surface area (Å²) in [6, 6.07) is 10.7. The van der Waals surface area contributed by atoms with Gasteiger partial charge in [0.05, 0.1) is 12.6 Å². The number of aryl methyl sites for hydroxylation is 1. The van der Waals surface area contributed by atoms with Crippen LogP contribution in [0.2, 0.25) is 0 Å². The van der Waals surface area contributed by atoms with Gasteiger partial charge in [-0.1, -0.05) is 35.5 Å². The standard InChI is InChI=1S/C22H32N6O2/c1-18(22-23-19(2)24-30-22)27-12-8-26(9-13-27)17-21(29)28-14-10-25(11-15-28)16-20-6-4-3-5-7-20/h3-7,18H,8-17H2,1-2H3. The number of carbonyl (C=O) groups is 1. The van der Waals surface area contributed by atoms with Crippen molar-refractivity contribution < 1.29 is 9.32 Å². The van der Waals surface area contributed by atoms with Crippen LogP contribution in [0.15, 0.2) is 34.9 Å². The van der Waals surface area contributed by atoms with E-state index in [0.29, 0.717) is 18.3 Å². The molecule has 8 heteroatoms. The SMILES string of the molecule is Cc1noc(C(C)N2CCN(CC(=O)N3CCN(Cc4ccccc4)CC3)CC2)n1. The van der Waals surface area contributed by atoms with Crippen molar-refractivity contribution in [3.63, 3.8) is 0 Å². The van der Waals surface area contributed by atoms with Crippen LogP contribution in [0.1, 0.15) is 30.2 Å². The highest BCUT2D eigenvalue weighted by Gasteiger charge is 2.28. The average Bonchev–Trinajstić information content (AvgIpc) is 3.21. The van der Waals surface area contributed by atoms with E-state index in [9.17, 15) is 4.79 Å². The van der Waals surface area contributed by atoms with E-state index in [2.05, 4.69) is 56.0 Å². The second kappa shape index (κ2) is 9.68. The van der Waals surface area contributed by atoms with Crippen LogP contribution in [0.5, 0.6) is 0 Å². The molecule has 2 aliphatic heterocycles. The Kier molecular flexibility index (Phi) is 6.76. The normalized spacial score (nSPS) is 20.4. The molecule has 2 saturated heterocycles. The summed E-state index contributed by atoms with van der Waals surface area (Å²) < 4.78 is 5.31. The van der Waals surface area contributed by atoms with E-state index in [1.807, 2.05) is 17.9 Å². The number of piperazine rings is 2. The first-order valence-corrected chi connectivity index (χ1v) is 10.9. The molecular weight excluding hydrogens is 380 g/mol. The summed E-state index contributed by atoms with van der Waals surface area (Å²) >= 11 is 0. The molecule has 4 rings (SSSR count). The minimum Gasteiger partial charge on any atom is -0.339 e. The van der Waals surface area contributed by atoms with Gasteiger partial charge in [-0.05, 0) is 19.4 Å². The Labute approximate surface area is 178 Å². The fourth-order valence-electron chi connectivity index (χ4n) is 4.24. The van der Waals surface area contributed by atoms with Crippen molar-refractivity contribution in [1.29, 1.82) is 0 Å². The molecule has 0 aliphatic carbocycles. The molecule has 1 unspecified atom stereocenters. The van der Waals surface area contributed by atoms with Gasteiger partial charge in [0.1, 0.15) is 0 Å². The third-order valence-electron chi connectivity index (χ3n) is 6.19. The Morgan fingerprint density at radius 3 is 2.30 bits per heavy atom. The van der Waals surface area contributed by atoms with Crippen LogP contribution in [0.3, 0.4) is 0 Å². The first kappa shape index (κ1) is 21.0. The highest BCUT2D eigenvalue weighted by atomic mass is 16.5. The van der Waals surface area contributed by atoms with Crippen molar-refractivity contribution in [2.45, 2.75) is 26.4 Å². The Hall–Kier alpha value is -2.29. The van der Waals surface area contributed by atoms with E-state index < -0.39 is 0 Å². The van der Waals surface area contributed by atoms with E-state index >= 15 is 0 Å². The van der Waals surface area contributed by atoms with Gasteiger partial charge < -0.3 is 9.42 Å². The summed E-state index contributed by atoms with van der Waals surface area (Å²) in [7, 11) is 0. The summed E-state index contributed by atoms with van der Waals surface area (Å²) in [4.78, 5) is 26.2. The van der Waals surface area contributed by atoms with Crippen LogP contribution in [-0.2, 0) is 11.3 Å².